The van der Waals surface area contributed by atoms with Gasteiger partial charge in [0.25, 0.3) is 5.91 Å². The van der Waals surface area contributed by atoms with Gasteiger partial charge in [-0.05, 0) is 54.6 Å². The van der Waals surface area contributed by atoms with E-state index in [2.05, 4.69) is 5.32 Å². The molecular weight excluding hydrogens is 401 g/mol. The van der Waals surface area contributed by atoms with E-state index in [-0.39, 0.29) is 17.4 Å². The number of thioether (sulfide) groups is 1. The molecule has 3 aromatic carbocycles. The maximum absolute atomic E-state index is 12.3. The summed E-state index contributed by atoms with van der Waals surface area (Å²) in [6.45, 7) is 0. The summed E-state index contributed by atoms with van der Waals surface area (Å²) in [5.74, 6) is 0.0357. The maximum atomic E-state index is 12.3. The Kier molecular flexibility index (Phi) is 6.56. The number of hydrogen-bond acceptors (Lipinski definition) is 3. The third-order valence-electron chi connectivity index (χ3n) is 3.74. The van der Waals surface area contributed by atoms with Crippen LogP contribution in [0.1, 0.15) is 20.7 Å². The van der Waals surface area contributed by atoms with Gasteiger partial charge in [-0.3, -0.25) is 9.59 Å². The monoisotopic (exact) mass is 415 g/mol. The highest BCUT2D eigenvalue weighted by Crippen LogP contribution is 2.24. The van der Waals surface area contributed by atoms with Gasteiger partial charge < -0.3 is 5.32 Å². The lowest BCUT2D eigenvalue weighted by molar-refractivity contribution is 0.101. The van der Waals surface area contributed by atoms with Crippen LogP contribution < -0.4 is 5.32 Å². The fourth-order valence-corrected chi connectivity index (χ4v) is 3.59. The lowest BCUT2D eigenvalue weighted by Gasteiger charge is -2.07. The molecule has 0 aliphatic carbocycles. The molecule has 0 aliphatic heterocycles. The van der Waals surface area contributed by atoms with E-state index in [4.69, 9.17) is 23.2 Å². The zero-order chi connectivity index (χ0) is 19.2. The molecular formula is C21H15Cl2NO2S. The number of benzene rings is 3. The first-order valence-electron chi connectivity index (χ1n) is 8.10. The third kappa shape index (κ3) is 5.36. The highest BCUT2D eigenvalue weighted by atomic mass is 35.5. The quantitative estimate of drug-likeness (QED) is 0.383. The first-order valence-corrected chi connectivity index (χ1v) is 9.84. The average molecular weight is 416 g/mol. The summed E-state index contributed by atoms with van der Waals surface area (Å²) in [6, 6.07) is 21.1. The molecule has 0 spiro atoms. The molecule has 27 heavy (non-hydrogen) atoms. The van der Waals surface area contributed by atoms with Crippen molar-refractivity contribution in [3.05, 3.63) is 94.0 Å². The summed E-state index contributed by atoms with van der Waals surface area (Å²) in [6.07, 6.45) is 0. The molecule has 0 fully saturated rings. The van der Waals surface area contributed by atoms with Crippen molar-refractivity contribution >= 4 is 52.3 Å². The molecule has 0 saturated carbocycles. The van der Waals surface area contributed by atoms with Gasteiger partial charge >= 0.3 is 0 Å². The normalized spacial score (nSPS) is 10.4. The van der Waals surface area contributed by atoms with Crippen molar-refractivity contribution in [1.29, 1.82) is 0 Å². The SMILES string of the molecule is O=C(Nc1ccc(SCC(=O)c2ccccc2Cl)cc1)c1cccc(Cl)c1. The Morgan fingerprint density at radius 1 is 0.889 bits per heavy atom. The minimum atomic E-state index is -0.230. The highest BCUT2D eigenvalue weighted by Gasteiger charge is 2.10. The molecule has 3 aromatic rings. The lowest BCUT2D eigenvalue weighted by atomic mass is 10.1. The molecule has 1 amide bonds. The second-order valence-electron chi connectivity index (χ2n) is 5.68. The average Bonchev–Trinajstić information content (AvgIpc) is 2.67. The van der Waals surface area contributed by atoms with Crippen molar-refractivity contribution in [2.45, 2.75) is 4.90 Å². The summed E-state index contributed by atoms with van der Waals surface area (Å²) >= 11 is 13.4. The summed E-state index contributed by atoms with van der Waals surface area (Å²) in [5, 5.41) is 3.79. The van der Waals surface area contributed by atoms with Crippen LogP contribution in [0.3, 0.4) is 0 Å². The number of carbonyl (C=O) groups excluding carboxylic acids is 2. The van der Waals surface area contributed by atoms with E-state index < -0.39 is 0 Å². The Morgan fingerprint density at radius 3 is 2.33 bits per heavy atom. The number of hydrogen-bond donors (Lipinski definition) is 1. The summed E-state index contributed by atoms with van der Waals surface area (Å²) in [4.78, 5) is 25.4. The van der Waals surface area contributed by atoms with Crippen molar-refractivity contribution in [1.82, 2.24) is 0 Å². The van der Waals surface area contributed by atoms with Gasteiger partial charge in [-0.2, -0.15) is 0 Å². The topological polar surface area (TPSA) is 46.2 Å². The lowest BCUT2D eigenvalue weighted by Crippen LogP contribution is -2.11. The molecule has 3 nitrogen and oxygen atoms in total. The van der Waals surface area contributed by atoms with E-state index in [0.29, 0.717) is 26.9 Å². The summed E-state index contributed by atoms with van der Waals surface area (Å²) in [5.41, 5.74) is 1.69. The minimum Gasteiger partial charge on any atom is -0.322 e. The van der Waals surface area contributed by atoms with Gasteiger partial charge in [0.15, 0.2) is 5.78 Å². The van der Waals surface area contributed by atoms with E-state index in [0.717, 1.165) is 4.90 Å². The maximum Gasteiger partial charge on any atom is 0.255 e. The molecule has 0 heterocycles. The number of halogens is 2. The molecule has 3 rings (SSSR count). The molecule has 0 radical (unpaired) electrons. The van der Waals surface area contributed by atoms with Gasteiger partial charge in [0.2, 0.25) is 0 Å². The molecule has 6 heteroatoms. The second kappa shape index (κ2) is 9.09. The molecule has 0 bridgehead atoms. The third-order valence-corrected chi connectivity index (χ3v) is 5.32. The zero-order valence-corrected chi connectivity index (χ0v) is 16.4. The smallest absolute Gasteiger partial charge is 0.255 e. The van der Waals surface area contributed by atoms with E-state index in [1.54, 1.807) is 60.7 Å². The first kappa shape index (κ1) is 19.5. The number of amides is 1. The van der Waals surface area contributed by atoms with Gasteiger partial charge in [0, 0.05) is 26.7 Å². The van der Waals surface area contributed by atoms with Crippen LogP contribution in [0.15, 0.2) is 77.7 Å². The van der Waals surface area contributed by atoms with Gasteiger partial charge in [0.1, 0.15) is 0 Å². The molecule has 0 aliphatic rings. The Morgan fingerprint density at radius 2 is 1.63 bits per heavy atom. The Hall–Kier alpha value is -2.27. The predicted octanol–water partition coefficient (Wildman–Crippen LogP) is 6.22. The highest BCUT2D eigenvalue weighted by molar-refractivity contribution is 8.00. The van der Waals surface area contributed by atoms with Crippen molar-refractivity contribution in [2.24, 2.45) is 0 Å². The summed E-state index contributed by atoms with van der Waals surface area (Å²) in [7, 11) is 0. The fourth-order valence-electron chi connectivity index (χ4n) is 2.38. The van der Waals surface area contributed by atoms with Gasteiger partial charge in [-0.1, -0.05) is 41.4 Å². The Balaban J connectivity index is 1.58. The van der Waals surface area contributed by atoms with Crippen LogP contribution in [0, 0.1) is 0 Å². The standard InChI is InChI=1S/C21H15Cl2NO2S/c22-15-5-3-4-14(12-15)21(26)24-16-8-10-17(11-9-16)27-13-20(25)18-6-1-2-7-19(18)23/h1-12H,13H2,(H,24,26). The number of carbonyl (C=O) groups is 2. The van der Waals surface area contributed by atoms with Crippen molar-refractivity contribution in [3.63, 3.8) is 0 Å². The Labute approximate surface area is 171 Å². The van der Waals surface area contributed by atoms with Crippen LogP contribution in [0.25, 0.3) is 0 Å². The summed E-state index contributed by atoms with van der Waals surface area (Å²) < 4.78 is 0. The minimum absolute atomic E-state index is 0.0241. The van der Waals surface area contributed by atoms with Crippen LogP contribution in [0.5, 0.6) is 0 Å². The molecule has 0 unspecified atom stereocenters. The van der Waals surface area contributed by atoms with Gasteiger partial charge in [-0.25, -0.2) is 0 Å². The van der Waals surface area contributed by atoms with E-state index in [1.165, 1.54) is 11.8 Å². The number of Topliss-reactive ketones (excluding diaryl/α,β-unsaturated/α-hetero) is 1. The Bertz CT molecular complexity index is 974. The fraction of sp³-hybridized carbons (Fsp3) is 0.0476. The van der Waals surface area contributed by atoms with Gasteiger partial charge in [0.05, 0.1) is 10.8 Å². The molecule has 1 N–H and O–H groups in total. The number of rotatable bonds is 6. The second-order valence-corrected chi connectivity index (χ2v) is 7.57. The van der Waals surface area contributed by atoms with Crippen molar-refractivity contribution in [3.8, 4) is 0 Å². The van der Waals surface area contributed by atoms with E-state index in [9.17, 15) is 9.59 Å². The van der Waals surface area contributed by atoms with Crippen LogP contribution in [0.4, 0.5) is 5.69 Å². The molecule has 0 saturated heterocycles. The number of ketones is 1. The zero-order valence-electron chi connectivity index (χ0n) is 14.1. The molecule has 0 atom stereocenters. The first-order chi connectivity index (χ1) is 13.0. The van der Waals surface area contributed by atoms with Crippen molar-refractivity contribution in [2.75, 3.05) is 11.1 Å². The largest absolute Gasteiger partial charge is 0.322 e. The van der Waals surface area contributed by atoms with E-state index >= 15 is 0 Å². The molecule has 0 aromatic heterocycles. The van der Waals surface area contributed by atoms with Crippen LogP contribution in [-0.2, 0) is 0 Å². The van der Waals surface area contributed by atoms with Crippen LogP contribution in [0.2, 0.25) is 10.0 Å². The van der Waals surface area contributed by atoms with E-state index in [1.807, 2.05) is 12.1 Å². The van der Waals surface area contributed by atoms with Crippen LogP contribution >= 0.6 is 35.0 Å². The number of anilines is 1. The van der Waals surface area contributed by atoms with Crippen LogP contribution in [-0.4, -0.2) is 17.4 Å². The van der Waals surface area contributed by atoms with Crippen molar-refractivity contribution < 1.29 is 9.59 Å². The predicted molar refractivity (Wildman–Crippen MR) is 112 cm³/mol. The van der Waals surface area contributed by atoms with Gasteiger partial charge in [-0.15, -0.1) is 11.8 Å². The number of nitrogens with one attached hydrogen (secondary N) is 1. The molecule has 136 valence electrons.